The number of nitrogens with one attached hydrogen (secondary N) is 1. The van der Waals surface area contributed by atoms with Gasteiger partial charge in [0, 0.05) is 18.1 Å². The summed E-state index contributed by atoms with van der Waals surface area (Å²) in [6, 6.07) is 6.02. The predicted octanol–water partition coefficient (Wildman–Crippen LogP) is 2.77. The average Bonchev–Trinajstić information content (AvgIpc) is 2.83. The van der Waals surface area contributed by atoms with Crippen molar-refractivity contribution < 1.29 is 14.3 Å². The Balaban J connectivity index is 2.23. The first kappa shape index (κ1) is 15.3. The average molecular weight is 328 g/mol. The van der Waals surface area contributed by atoms with Crippen LogP contribution in [-0.2, 0) is 11.8 Å². The van der Waals surface area contributed by atoms with E-state index in [9.17, 15) is 9.59 Å². The van der Waals surface area contributed by atoms with Crippen LogP contribution in [-0.4, -0.2) is 28.8 Å². The van der Waals surface area contributed by atoms with E-state index in [-0.39, 0.29) is 11.4 Å². The minimum atomic E-state index is -0.575. The van der Waals surface area contributed by atoms with Gasteiger partial charge in [-0.2, -0.15) is 5.10 Å². The van der Waals surface area contributed by atoms with Gasteiger partial charge in [-0.05, 0) is 18.2 Å². The number of aromatic nitrogens is 2. The van der Waals surface area contributed by atoms with E-state index >= 15 is 0 Å². The van der Waals surface area contributed by atoms with Crippen molar-refractivity contribution in [1.82, 2.24) is 9.78 Å². The van der Waals surface area contributed by atoms with Gasteiger partial charge in [0.2, 0.25) is 0 Å². The number of hydrogen-bond acceptors (Lipinski definition) is 4. The zero-order valence-electron chi connectivity index (χ0n) is 11.2. The summed E-state index contributed by atoms with van der Waals surface area (Å²) in [4.78, 5) is 23.6. The van der Waals surface area contributed by atoms with Gasteiger partial charge in [-0.15, -0.1) is 0 Å². The van der Waals surface area contributed by atoms with E-state index in [1.807, 2.05) is 0 Å². The number of esters is 1. The fraction of sp³-hybridized carbons (Fsp3) is 0.154. The maximum atomic E-state index is 12.1. The molecule has 110 valence electrons. The molecular formula is C13H11Cl2N3O3. The summed E-state index contributed by atoms with van der Waals surface area (Å²) < 4.78 is 5.86. The minimum Gasteiger partial charge on any atom is -0.464 e. The lowest BCUT2D eigenvalue weighted by atomic mass is 10.3. The van der Waals surface area contributed by atoms with E-state index < -0.39 is 11.9 Å². The first-order chi connectivity index (χ1) is 9.92. The van der Waals surface area contributed by atoms with Gasteiger partial charge in [0.15, 0.2) is 5.69 Å². The van der Waals surface area contributed by atoms with E-state index in [0.29, 0.717) is 15.7 Å². The number of nitrogens with zero attached hydrogens (tertiary/aromatic N) is 2. The fourth-order valence-corrected chi connectivity index (χ4v) is 2.11. The second-order valence-corrected chi connectivity index (χ2v) is 4.95. The van der Waals surface area contributed by atoms with Gasteiger partial charge in [0.1, 0.15) is 5.69 Å². The van der Waals surface area contributed by atoms with Crippen LogP contribution >= 0.6 is 23.2 Å². The standard InChI is InChI=1S/C13H11Cl2N3O3/c1-18-11(13(20)21-2)6-10(17-18)12(19)16-9-4-3-7(14)5-8(9)15/h3-6H,1-2H3,(H,16,19). The number of halogens is 2. The highest BCUT2D eigenvalue weighted by Gasteiger charge is 2.18. The van der Waals surface area contributed by atoms with Gasteiger partial charge in [-0.25, -0.2) is 4.79 Å². The van der Waals surface area contributed by atoms with Gasteiger partial charge in [-0.1, -0.05) is 23.2 Å². The highest BCUT2D eigenvalue weighted by molar-refractivity contribution is 6.36. The van der Waals surface area contributed by atoms with Crippen LogP contribution in [0.25, 0.3) is 0 Å². The summed E-state index contributed by atoms with van der Waals surface area (Å²) in [5.74, 6) is -1.07. The lowest BCUT2D eigenvalue weighted by Crippen LogP contribution is -2.13. The van der Waals surface area contributed by atoms with Crippen LogP contribution in [0.4, 0.5) is 5.69 Å². The maximum absolute atomic E-state index is 12.1. The molecule has 1 amide bonds. The van der Waals surface area contributed by atoms with Crippen molar-refractivity contribution in [2.75, 3.05) is 12.4 Å². The molecule has 0 aliphatic heterocycles. The Labute approximate surface area is 130 Å². The van der Waals surface area contributed by atoms with E-state index in [1.165, 1.54) is 31.0 Å². The number of anilines is 1. The summed E-state index contributed by atoms with van der Waals surface area (Å²) in [6.45, 7) is 0. The Hall–Kier alpha value is -2.05. The monoisotopic (exact) mass is 327 g/mol. The quantitative estimate of drug-likeness (QED) is 0.880. The van der Waals surface area contributed by atoms with Crippen LogP contribution in [0.15, 0.2) is 24.3 Å². The molecule has 2 aromatic rings. The normalized spacial score (nSPS) is 10.3. The molecule has 1 aromatic carbocycles. The number of benzene rings is 1. The molecule has 0 saturated heterocycles. The van der Waals surface area contributed by atoms with E-state index in [4.69, 9.17) is 23.2 Å². The molecule has 0 aliphatic rings. The van der Waals surface area contributed by atoms with Crippen LogP contribution < -0.4 is 5.32 Å². The molecular weight excluding hydrogens is 317 g/mol. The zero-order chi connectivity index (χ0) is 15.6. The molecule has 0 spiro atoms. The number of carbonyl (C=O) groups is 2. The van der Waals surface area contributed by atoms with Gasteiger partial charge in [0.25, 0.3) is 5.91 Å². The van der Waals surface area contributed by atoms with Crippen LogP contribution in [0.2, 0.25) is 10.0 Å². The van der Waals surface area contributed by atoms with Crippen molar-refractivity contribution >= 4 is 40.8 Å². The van der Waals surface area contributed by atoms with Crippen molar-refractivity contribution in [3.05, 3.63) is 45.7 Å². The van der Waals surface area contributed by atoms with Crippen molar-refractivity contribution in [3.8, 4) is 0 Å². The number of ether oxygens (including phenoxy) is 1. The molecule has 8 heteroatoms. The number of hydrogen-bond donors (Lipinski definition) is 1. The summed E-state index contributed by atoms with van der Waals surface area (Å²) in [5, 5.41) is 7.32. The topological polar surface area (TPSA) is 73.2 Å². The number of aryl methyl sites for hydroxylation is 1. The van der Waals surface area contributed by atoms with E-state index in [2.05, 4.69) is 15.2 Å². The summed E-state index contributed by atoms with van der Waals surface area (Å²) in [6.07, 6.45) is 0. The summed E-state index contributed by atoms with van der Waals surface area (Å²) >= 11 is 11.8. The van der Waals surface area contributed by atoms with E-state index in [0.717, 1.165) is 0 Å². The Morgan fingerprint density at radius 2 is 2.00 bits per heavy atom. The first-order valence-corrected chi connectivity index (χ1v) is 6.56. The summed E-state index contributed by atoms with van der Waals surface area (Å²) in [5.41, 5.74) is 0.644. The Kier molecular flexibility index (Phi) is 4.50. The zero-order valence-corrected chi connectivity index (χ0v) is 12.7. The Morgan fingerprint density at radius 3 is 2.62 bits per heavy atom. The number of carbonyl (C=O) groups excluding carboxylic acids is 2. The molecule has 0 saturated carbocycles. The smallest absolute Gasteiger partial charge is 0.356 e. The Morgan fingerprint density at radius 1 is 1.29 bits per heavy atom. The predicted molar refractivity (Wildman–Crippen MR) is 79.0 cm³/mol. The third-order valence-corrected chi connectivity index (χ3v) is 3.23. The van der Waals surface area contributed by atoms with Crippen LogP contribution in [0.5, 0.6) is 0 Å². The van der Waals surface area contributed by atoms with Crippen LogP contribution in [0.1, 0.15) is 21.0 Å². The second kappa shape index (κ2) is 6.15. The highest BCUT2D eigenvalue weighted by Crippen LogP contribution is 2.25. The number of methoxy groups -OCH3 is 1. The lowest BCUT2D eigenvalue weighted by Gasteiger charge is -2.05. The summed E-state index contributed by atoms with van der Waals surface area (Å²) in [7, 11) is 2.79. The molecule has 21 heavy (non-hydrogen) atoms. The van der Waals surface area contributed by atoms with Crippen molar-refractivity contribution in [1.29, 1.82) is 0 Å². The van der Waals surface area contributed by atoms with Crippen molar-refractivity contribution in [2.24, 2.45) is 7.05 Å². The molecule has 0 atom stereocenters. The fourth-order valence-electron chi connectivity index (χ4n) is 1.65. The molecule has 1 N–H and O–H groups in total. The van der Waals surface area contributed by atoms with Crippen LogP contribution in [0, 0.1) is 0 Å². The largest absolute Gasteiger partial charge is 0.464 e. The SMILES string of the molecule is COC(=O)c1cc(C(=O)Nc2ccc(Cl)cc2Cl)nn1C. The lowest BCUT2D eigenvalue weighted by molar-refractivity contribution is 0.0588. The van der Waals surface area contributed by atoms with Crippen molar-refractivity contribution in [2.45, 2.75) is 0 Å². The van der Waals surface area contributed by atoms with Gasteiger partial charge < -0.3 is 10.1 Å². The van der Waals surface area contributed by atoms with Crippen molar-refractivity contribution in [3.63, 3.8) is 0 Å². The highest BCUT2D eigenvalue weighted by atomic mass is 35.5. The third kappa shape index (κ3) is 3.34. The molecule has 0 unspecified atom stereocenters. The van der Waals surface area contributed by atoms with Crippen LogP contribution in [0.3, 0.4) is 0 Å². The Bertz CT molecular complexity index is 713. The maximum Gasteiger partial charge on any atom is 0.356 e. The molecule has 0 fully saturated rings. The molecule has 1 heterocycles. The number of amides is 1. The van der Waals surface area contributed by atoms with E-state index in [1.54, 1.807) is 12.1 Å². The van der Waals surface area contributed by atoms with Gasteiger partial charge >= 0.3 is 5.97 Å². The molecule has 0 radical (unpaired) electrons. The van der Waals surface area contributed by atoms with Gasteiger partial charge in [-0.3, -0.25) is 9.48 Å². The number of rotatable bonds is 3. The minimum absolute atomic E-state index is 0.0731. The molecule has 0 aliphatic carbocycles. The molecule has 6 nitrogen and oxygen atoms in total. The molecule has 0 bridgehead atoms. The molecule has 1 aromatic heterocycles. The second-order valence-electron chi connectivity index (χ2n) is 4.11. The van der Waals surface area contributed by atoms with Gasteiger partial charge in [0.05, 0.1) is 17.8 Å². The molecule has 2 rings (SSSR count). The first-order valence-electron chi connectivity index (χ1n) is 5.81. The third-order valence-electron chi connectivity index (χ3n) is 2.69.